The van der Waals surface area contributed by atoms with Gasteiger partial charge in [0.1, 0.15) is 21.8 Å². The molecule has 1 atom stereocenters. The number of hydrogen-bond acceptors (Lipinski definition) is 9. The highest BCUT2D eigenvalue weighted by atomic mass is 35.5. The second kappa shape index (κ2) is 15.4. The number of carbonyl (C=O) groups is 1. The Bertz CT molecular complexity index is 1420. The summed E-state index contributed by atoms with van der Waals surface area (Å²) in [5.41, 5.74) is 3.34. The Morgan fingerprint density at radius 1 is 1.07 bits per heavy atom. The molecule has 0 bridgehead atoms. The first-order valence-electron chi connectivity index (χ1n) is 13.4. The van der Waals surface area contributed by atoms with Crippen LogP contribution < -0.4 is 29.9 Å². The van der Waals surface area contributed by atoms with E-state index in [2.05, 4.69) is 37.4 Å². The average Bonchev–Trinajstić information content (AvgIpc) is 2.98. The monoisotopic (exact) mass is 614 g/mol. The smallest absolute Gasteiger partial charge is 0.247 e. The van der Waals surface area contributed by atoms with Crippen LogP contribution in [-0.4, -0.2) is 78.6 Å². The van der Waals surface area contributed by atoms with Gasteiger partial charge in [-0.3, -0.25) is 9.10 Å². The Balaban J connectivity index is 1.98. The van der Waals surface area contributed by atoms with Gasteiger partial charge in [0.25, 0.3) is 0 Å². The third kappa shape index (κ3) is 8.34. The van der Waals surface area contributed by atoms with E-state index in [4.69, 9.17) is 16.3 Å². The lowest BCUT2D eigenvalue weighted by molar-refractivity contribution is -0.111. The number of nitrogens with zero attached hydrogens (tertiary/aromatic N) is 5. The van der Waals surface area contributed by atoms with Crippen LogP contribution in [-0.2, 0) is 15.8 Å². The van der Waals surface area contributed by atoms with Crippen LogP contribution in [0.15, 0.2) is 55.3 Å². The lowest BCUT2D eigenvalue weighted by Crippen LogP contribution is -2.29. The number of hydrogen-bond donors (Lipinski definition) is 3. The average molecular weight is 615 g/mol. The predicted octanol–water partition coefficient (Wildman–Crippen LogP) is 5.26. The minimum absolute atomic E-state index is 0.247. The molecule has 13 heteroatoms. The van der Waals surface area contributed by atoms with Crippen LogP contribution in [0.5, 0.6) is 5.75 Å². The van der Waals surface area contributed by atoms with Gasteiger partial charge in [-0.05, 0) is 45.3 Å². The van der Waals surface area contributed by atoms with Crippen LogP contribution in [0.2, 0.25) is 5.02 Å². The van der Waals surface area contributed by atoms with Gasteiger partial charge in [-0.15, -0.1) is 0 Å². The van der Waals surface area contributed by atoms with E-state index in [9.17, 15) is 9.00 Å². The third-order valence-electron chi connectivity index (χ3n) is 6.25. The molecular weight excluding hydrogens is 576 g/mol. The number of aromatic nitrogens is 2. The lowest BCUT2D eigenvalue weighted by atomic mass is 10.2. The molecule has 0 aliphatic rings. The Kier molecular flexibility index (Phi) is 12.0. The molecule has 0 aliphatic carbocycles. The zero-order valence-corrected chi connectivity index (χ0v) is 26.5. The van der Waals surface area contributed by atoms with E-state index >= 15 is 0 Å². The van der Waals surface area contributed by atoms with Crippen molar-refractivity contribution in [3.63, 3.8) is 0 Å². The summed E-state index contributed by atoms with van der Waals surface area (Å²) < 4.78 is 20.2. The lowest BCUT2D eigenvalue weighted by Gasteiger charge is -2.26. The molecule has 0 saturated carbocycles. The number of anilines is 7. The fraction of sp³-hybridized carbons (Fsp3) is 0.345. The van der Waals surface area contributed by atoms with Crippen LogP contribution in [0.1, 0.15) is 13.8 Å². The molecule has 2 aromatic carbocycles. The predicted molar refractivity (Wildman–Crippen MR) is 175 cm³/mol. The van der Waals surface area contributed by atoms with E-state index in [0.717, 1.165) is 24.5 Å². The zero-order valence-electron chi connectivity index (χ0n) is 24.9. The first-order valence-corrected chi connectivity index (χ1v) is 15.1. The molecule has 0 saturated heterocycles. The molecule has 0 spiro atoms. The van der Waals surface area contributed by atoms with Crippen molar-refractivity contribution in [3.05, 3.63) is 60.3 Å². The highest BCUT2D eigenvalue weighted by molar-refractivity contribution is 7.86. The molecule has 1 unspecified atom stereocenters. The van der Waals surface area contributed by atoms with Gasteiger partial charge in [0.2, 0.25) is 11.9 Å². The molecule has 11 nitrogen and oxygen atoms in total. The summed E-state index contributed by atoms with van der Waals surface area (Å²) in [6.45, 7) is 9.50. The number of carbonyl (C=O) groups excluding carboxylic acids is 1. The van der Waals surface area contributed by atoms with Crippen LogP contribution >= 0.6 is 11.6 Å². The summed E-state index contributed by atoms with van der Waals surface area (Å²) in [6, 6.07) is 11.1. The fourth-order valence-corrected chi connectivity index (χ4v) is 5.16. The number of para-hydroxylation sites is 2. The SMILES string of the molecule is C=CC(=O)Nc1cc(Nc2ncc(Cl)c(Nc3ccccc3N(CC)S(=O)CC)n2)c(OC)cc1N(C)CCN(C)C. The van der Waals surface area contributed by atoms with Crippen molar-refractivity contribution in [3.8, 4) is 5.75 Å². The number of amides is 1. The van der Waals surface area contributed by atoms with Gasteiger partial charge in [-0.2, -0.15) is 4.98 Å². The Hall–Kier alpha value is -3.87. The molecule has 1 aromatic heterocycles. The van der Waals surface area contributed by atoms with Crippen molar-refractivity contribution in [1.29, 1.82) is 0 Å². The first-order chi connectivity index (χ1) is 20.1. The van der Waals surface area contributed by atoms with E-state index in [1.807, 2.05) is 74.5 Å². The van der Waals surface area contributed by atoms with Gasteiger partial charge in [-0.25, -0.2) is 9.19 Å². The maximum atomic E-state index is 12.7. The normalized spacial score (nSPS) is 11.5. The van der Waals surface area contributed by atoms with Crippen LogP contribution in [0.3, 0.4) is 0 Å². The molecule has 3 N–H and O–H groups in total. The molecular formula is C29H39ClN8O3S. The summed E-state index contributed by atoms with van der Waals surface area (Å²) in [5.74, 6) is 1.28. The van der Waals surface area contributed by atoms with Crippen LogP contribution in [0.4, 0.5) is 40.2 Å². The standard InChI is InChI=1S/C29H39ClN8O3S/c1-8-27(39)32-22-17-23(26(41-7)18-25(22)37(6)16-15-36(4)5)34-29-31-19-20(30)28(35-29)33-21-13-11-12-14-24(21)38(9-2)42(40)10-3/h8,11-14,17-19H,1,9-10,15-16H2,2-7H3,(H,32,39)(H2,31,33,34,35). The second-order valence-corrected chi connectivity index (χ2v) is 11.5. The first kappa shape index (κ1) is 32.6. The summed E-state index contributed by atoms with van der Waals surface area (Å²) in [7, 11) is 6.34. The number of methoxy groups -OCH3 is 1. The summed E-state index contributed by atoms with van der Waals surface area (Å²) >= 11 is 6.49. The minimum Gasteiger partial charge on any atom is -0.494 e. The van der Waals surface area contributed by atoms with Gasteiger partial charge in [0, 0.05) is 38.5 Å². The van der Waals surface area contributed by atoms with Crippen LogP contribution in [0, 0.1) is 0 Å². The van der Waals surface area contributed by atoms with Crippen molar-refractivity contribution in [1.82, 2.24) is 14.9 Å². The van der Waals surface area contributed by atoms with Crippen molar-refractivity contribution in [2.45, 2.75) is 13.8 Å². The van der Waals surface area contributed by atoms with Gasteiger partial charge in [0.15, 0.2) is 5.82 Å². The molecule has 1 amide bonds. The molecule has 3 rings (SSSR count). The molecule has 0 radical (unpaired) electrons. The van der Waals surface area contributed by atoms with Gasteiger partial charge < -0.3 is 30.5 Å². The van der Waals surface area contributed by atoms with Crippen LogP contribution in [0.25, 0.3) is 0 Å². The van der Waals surface area contributed by atoms with Gasteiger partial charge in [0.05, 0.1) is 41.7 Å². The Labute approximate surface area is 255 Å². The van der Waals surface area contributed by atoms with Crippen molar-refractivity contribution >= 4 is 68.7 Å². The van der Waals surface area contributed by atoms with E-state index < -0.39 is 11.0 Å². The Morgan fingerprint density at radius 3 is 2.45 bits per heavy atom. The molecule has 226 valence electrons. The second-order valence-electron chi connectivity index (χ2n) is 9.45. The summed E-state index contributed by atoms with van der Waals surface area (Å²) in [5, 5.41) is 9.65. The largest absolute Gasteiger partial charge is 0.494 e. The highest BCUT2D eigenvalue weighted by Crippen LogP contribution is 2.38. The fourth-order valence-electron chi connectivity index (χ4n) is 4.05. The Morgan fingerprint density at radius 2 is 1.81 bits per heavy atom. The van der Waals surface area contributed by atoms with E-state index in [-0.39, 0.29) is 11.9 Å². The third-order valence-corrected chi connectivity index (χ3v) is 7.97. The van der Waals surface area contributed by atoms with Gasteiger partial charge >= 0.3 is 0 Å². The molecule has 0 fully saturated rings. The number of likely N-dealkylation sites (N-methyl/N-ethyl adjacent to an activating group) is 2. The minimum atomic E-state index is -1.18. The molecule has 1 heterocycles. The summed E-state index contributed by atoms with van der Waals surface area (Å²) in [6.07, 6.45) is 2.70. The maximum absolute atomic E-state index is 12.7. The van der Waals surface area contributed by atoms with Crippen molar-refractivity contribution in [2.24, 2.45) is 0 Å². The van der Waals surface area contributed by atoms with Crippen molar-refractivity contribution in [2.75, 3.05) is 78.8 Å². The molecule has 3 aromatic rings. The number of benzene rings is 2. The summed E-state index contributed by atoms with van der Waals surface area (Å²) in [4.78, 5) is 25.4. The number of halogens is 1. The quantitative estimate of drug-likeness (QED) is 0.197. The number of nitrogens with one attached hydrogen (secondary N) is 3. The molecule has 42 heavy (non-hydrogen) atoms. The van der Waals surface area contributed by atoms with Gasteiger partial charge in [-0.1, -0.05) is 37.2 Å². The number of rotatable bonds is 15. The zero-order chi connectivity index (χ0) is 30.8. The van der Waals surface area contributed by atoms with E-state index in [0.29, 0.717) is 45.9 Å². The maximum Gasteiger partial charge on any atom is 0.247 e. The van der Waals surface area contributed by atoms with E-state index in [1.54, 1.807) is 13.2 Å². The topological polar surface area (TPSA) is 115 Å². The highest BCUT2D eigenvalue weighted by Gasteiger charge is 2.19. The van der Waals surface area contributed by atoms with E-state index in [1.165, 1.54) is 12.3 Å². The number of ether oxygens (including phenoxy) is 1. The molecule has 0 aliphatic heterocycles. The van der Waals surface area contributed by atoms with Crippen molar-refractivity contribution < 1.29 is 13.7 Å².